The van der Waals surface area contributed by atoms with E-state index < -0.39 is 0 Å². The molecule has 6 heteroatoms. The van der Waals surface area contributed by atoms with E-state index in [1.807, 2.05) is 6.07 Å². The number of aryl methyl sites for hydroxylation is 1. The van der Waals surface area contributed by atoms with Crippen molar-refractivity contribution in [2.24, 2.45) is 13.0 Å². The third-order valence-electron chi connectivity index (χ3n) is 7.11. The first-order valence-corrected chi connectivity index (χ1v) is 12.1. The largest absolute Gasteiger partial charge is 0.339 e. The van der Waals surface area contributed by atoms with Gasteiger partial charge in [-0.05, 0) is 90.6 Å². The highest BCUT2D eigenvalue weighted by molar-refractivity contribution is 5.91. The summed E-state index contributed by atoms with van der Waals surface area (Å²) in [4.78, 5) is 19.7. The molecule has 2 saturated carbocycles. The summed E-state index contributed by atoms with van der Waals surface area (Å²) in [6.07, 6.45) is 4.58. The van der Waals surface area contributed by atoms with Crippen molar-refractivity contribution in [3.8, 4) is 17.2 Å². The molecule has 2 fully saturated rings. The Kier molecular flexibility index (Phi) is 5.14. The Balaban J connectivity index is 1.56. The molecule has 2 aromatic carbocycles. The highest BCUT2D eigenvalue weighted by Gasteiger charge is 2.30. The lowest BCUT2D eigenvalue weighted by molar-refractivity contribution is 0.628. The van der Waals surface area contributed by atoms with E-state index >= 15 is 0 Å². The number of aromatic nitrogens is 2. The highest BCUT2D eigenvalue weighted by atomic mass is 19.1. The molecule has 2 aromatic heterocycles. The number of fused-ring (bicyclic) bond motifs is 1. The second-order valence-electron chi connectivity index (χ2n) is 9.71. The maximum Gasteiger partial charge on any atom is 0.252 e. The van der Waals surface area contributed by atoms with Gasteiger partial charge in [-0.3, -0.25) is 4.79 Å². The van der Waals surface area contributed by atoms with Crippen molar-refractivity contribution in [2.75, 3.05) is 11.4 Å². The van der Waals surface area contributed by atoms with E-state index in [1.165, 1.54) is 11.6 Å². The van der Waals surface area contributed by atoms with Gasteiger partial charge in [0.1, 0.15) is 23.1 Å². The first-order valence-electron chi connectivity index (χ1n) is 12.1. The Hall–Kier alpha value is -3.98. The van der Waals surface area contributed by atoms with Crippen LogP contribution >= 0.6 is 0 Å². The van der Waals surface area contributed by atoms with Crippen LogP contribution in [0, 0.1) is 23.1 Å². The third-order valence-corrected chi connectivity index (χ3v) is 7.11. The first kappa shape index (κ1) is 21.5. The number of benzene rings is 2. The Morgan fingerprint density at radius 1 is 1.09 bits per heavy atom. The zero-order valence-electron chi connectivity index (χ0n) is 19.5. The van der Waals surface area contributed by atoms with Crippen molar-refractivity contribution in [3.05, 3.63) is 88.1 Å². The lowest BCUT2D eigenvalue weighted by atomic mass is 9.95. The second kappa shape index (κ2) is 8.35. The highest BCUT2D eigenvalue weighted by Crippen LogP contribution is 2.46. The Morgan fingerprint density at radius 2 is 1.91 bits per heavy atom. The number of pyridine rings is 2. The van der Waals surface area contributed by atoms with Crippen LogP contribution in [-0.2, 0) is 7.05 Å². The Morgan fingerprint density at radius 3 is 2.63 bits per heavy atom. The van der Waals surface area contributed by atoms with Crippen LogP contribution in [-0.4, -0.2) is 16.1 Å². The average Bonchev–Trinajstić information content (AvgIpc) is 3.79. The van der Waals surface area contributed by atoms with Gasteiger partial charge in [0.05, 0.1) is 11.2 Å². The quantitative estimate of drug-likeness (QED) is 0.349. The number of rotatable bonds is 6. The molecule has 4 aromatic rings. The summed E-state index contributed by atoms with van der Waals surface area (Å²) in [6, 6.07) is 20.3. The number of hydrogen-bond acceptors (Lipinski definition) is 4. The number of halogens is 1. The lowest BCUT2D eigenvalue weighted by Gasteiger charge is -2.27. The van der Waals surface area contributed by atoms with E-state index in [4.69, 9.17) is 0 Å². The Bertz CT molecular complexity index is 1560. The molecule has 0 unspecified atom stereocenters. The topological polar surface area (TPSA) is 61.9 Å². The fraction of sp³-hybridized carbons (Fsp3) is 0.276. The van der Waals surface area contributed by atoms with Crippen molar-refractivity contribution in [1.29, 1.82) is 5.26 Å². The Labute approximate surface area is 203 Å². The van der Waals surface area contributed by atoms with Gasteiger partial charge in [0.25, 0.3) is 5.56 Å². The second-order valence-corrected chi connectivity index (χ2v) is 9.71. The summed E-state index contributed by atoms with van der Waals surface area (Å²) in [5.74, 6) is 0.785. The van der Waals surface area contributed by atoms with Gasteiger partial charge in [-0.2, -0.15) is 5.26 Å². The normalized spacial score (nSPS) is 15.2. The molecular formula is C29H25FN4O. The van der Waals surface area contributed by atoms with Crippen LogP contribution in [0.5, 0.6) is 0 Å². The van der Waals surface area contributed by atoms with E-state index in [1.54, 1.807) is 41.9 Å². The maximum absolute atomic E-state index is 14.2. The van der Waals surface area contributed by atoms with Crippen LogP contribution in [0.25, 0.3) is 22.2 Å². The molecule has 0 aliphatic heterocycles. The van der Waals surface area contributed by atoms with Crippen molar-refractivity contribution in [1.82, 2.24) is 9.55 Å². The van der Waals surface area contributed by atoms with E-state index in [0.29, 0.717) is 34.3 Å². The van der Waals surface area contributed by atoms with Crippen LogP contribution in [0.4, 0.5) is 15.8 Å². The number of hydrogen-bond donors (Lipinski definition) is 0. The zero-order valence-corrected chi connectivity index (χ0v) is 19.5. The average molecular weight is 465 g/mol. The van der Waals surface area contributed by atoms with E-state index in [2.05, 4.69) is 34.2 Å². The minimum Gasteiger partial charge on any atom is -0.339 e. The number of nitriles is 1. The molecule has 174 valence electrons. The van der Waals surface area contributed by atoms with Gasteiger partial charge < -0.3 is 9.47 Å². The van der Waals surface area contributed by atoms with Crippen LogP contribution in [0.3, 0.4) is 0 Å². The summed E-state index contributed by atoms with van der Waals surface area (Å²) in [7, 11) is 1.72. The molecule has 35 heavy (non-hydrogen) atoms. The monoisotopic (exact) mass is 464 g/mol. The molecule has 2 heterocycles. The van der Waals surface area contributed by atoms with Crippen molar-refractivity contribution in [3.63, 3.8) is 0 Å². The van der Waals surface area contributed by atoms with Gasteiger partial charge in [0.15, 0.2) is 0 Å². The zero-order chi connectivity index (χ0) is 24.1. The summed E-state index contributed by atoms with van der Waals surface area (Å²) in [5.41, 5.74) is 6.29. The van der Waals surface area contributed by atoms with Crippen molar-refractivity contribution in [2.45, 2.75) is 31.6 Å². The van der Waals surface area contributed by atoms with Gasteiger partial charge in [-0.15, -0.1) is 0 Å². The summed E-state index contributed by atoms with van der Waals surface area (Å²) in [6.45, 7) is 0.756. The molecular weight excluding hydrogens is 439 g/mol. The van der Waals surface area contributed by atoms with Crippen LogP contribution in [0.15, 0.2) is 65.5 Å². The standard InChI is InChI=1S/C29H25FN4O/c1-33-26-12-9-22(16-31)32-29(26)27(15-28(33)35)34(17-18-5-6-18)23-10-11-24(19-7-8-19)25(14-23)20-3-2-4-21(30)13-20/h2-4,9-15,18-19H,5-8,17H2,1H3. The molecule has 2 aliphatic rings. The molecule has 0 radical (unpaired) electrons. The first-order chi connectivity index (χ1) is 17.0. The number of anilines is 2. The van der Waals surface area contributed by atoms with Crippen LogP contribution in [0.1, 0.15) is 42.9 Å². The smallest absolute Gasteiger partial charge is 0.252 e. The third kappa shape index (κ3) is 4.08. The van der Waals surface area contributed by atoms with Gasteiger partial charge in [0.2, 0.25) is 0 Å². The number of nitrogens with zero attached hydrogens (tertiary/aromatic N) is 4. The van der Waals surface area contributed by atoms with Gasteiger partial charge in [-0.25, -0.2) is 9.37 Å². The van der Waals surface area contributed by atoms with E-state index in [0.717, 1.165) is 49.0 Å². The maximum atomic E-state index is 14.2. The summed E-state index contributed by atoms with van der Waals surface area (Å²) >= 11 is 0. The minimum atomic E-state index is -0.254. The molecule has 6 rings (SSSR count). The summed E-state index contributed by atoms with van der Waals surface area (Å²) < 4.78 is 15.7. The fourth-order valence-corrected chi connectivity index (χ4v) is 4.85. The predicted molar refractivity (Wildman–Crippen MR) is 135 cm³/mol. The van der Waals surface area contributed by atoms with Crippen LogP contribution < -0.4 is 10.5 Å². The predicted octanol–water partition coefficient (Wildman–Crippen LogP) is 6.04. The van der Waals surface area contributed by atoms with Gasteiger partial charge in [0, 0.05) is 25.3 Å². The summed E-state index contributed by atoms with van der Waals surface area (Å²) in [5, 5.41) is 9.47. The lowest BCUT2D eigenvalue weighted by Crippen LogP contribution is -2.25. The molecule has 0 bridgehead atoms. The molecule has 0 N–H and O–H groups in total. The van der Waals surface area contributed by atoms with Crippen molar-refractivity contribution < 1.29 is 4.39 Å². The molecule has 5 nitrogen and oxygen atoms in total. The molecule has 2 aliphatic carbocycles. The molecule has 0 amide bonds. The molecule has 0 spiro atoms. The fourth-order valence-electron chi connectivity index (χ4n) is 4.85. The van der Waals surface area contributed by atoms with Crippen molar-refractivity contribution >= 4 is 22.4 Å². The van der Waals surface area contributed by atoms with Gasteiger partial charge >= 0.3 is 0 Å². The SMILES string of the molecule is Cn1c(=O)cc(N(CC2CC2)c2ccc(C3CC3)c(-c3cccc(F)c3)c2)c2nc(C#N)ccc21. The van der Waals surface area contributed by atoms with E-state index in [-0.39, 0.29) is 11.4 Å². The molecule has 0 atom stereocenters. The van der Waals surface area contributed by atoms with E-state index in [9.17, 15) is 14.4 Å². The van der Waals surface area contributed by atoms with Crippen LogP contribution in [0.2, 0.25) is 0 Å². The van der Waals surface area contributed by atoms with Gasteiger partial charge in [-0.1, -0.05) is 18.2 Å². The minimum absolute atomic E-state index is 0.125. The molecule has 0 saturated heterocycles.